The van der Waals surface area contributed by atoms with E-state index in [2.05, 4.69) is 0 Å². The first-order valence-electron chi connectivity index (χ1n) is 10.9. The van der Waals surface area contributed by atoms with Gasteiger partial charge in [-0.2, -0.15) is 0 Å². The highest BCUT2D eigenvalue weighted by molar-refractivity contribution is 5.82. The molecule has 1 amide bonds. The Kier molecular flexibility index (Phi) is 8.59. The van der Waals surface area contributed by atoms with Crippen LogP contribution in [0, 0.1) is 0 Å². The van der Waals surface area contributed by atoms with Crippen molar-refractivity contribution in [1.82, 2.24) is 9.47 Å². The van der Waals surface area contributed by atoms with Crippen LogP contribution in [0.1, 0.15) is 12.5 Å². The van der Waals surface area contributed by atoms with Crippen molar-refractivity contribution >= 4 is 16.8 Å². The summed E-state index contributed by atoms with van der Waals surface area (Å²) >= 11 is 0. The highest BCUT2D eigenvalue weighted by Gasteiger charge is 2.22. The van der Waals surface area contributed by atoms with E-state index < -0.39 is 11.9 Å². The number of hydrogen-bond donors (Lipinski definition) is 1. The van der Waals surface area contributed by atoms with Gasteiger partial charge >= 0.3 is 0 Å². The van der Waals surface area contributed by atoms with Crippen molar-refractivity contribution in [1.29, 1.82) is 0 Å². The van der Waals surface area contributed by atoms with Crippen molar-refractivity contribution in [2.45, 2.75) is 26.1 Å². The fourth-order valence-corrected chi connectivity index (χ4v) is 3.70. The zero-order valence-electron chi connectivity index (χ0n) is 19.3. The highest BCUT2D eigenvalue weighted by atomic mass is 16.5. The average molecular weight is 454 g/mol. The Labute approximate surface area is 193 Å². The van der Waals surface area contributed by atoms with E-state index in [0.717, 1.165) is 10.9 Å². The minimum Gasteiger partial charge on any atom is -0.457 e. The number of fused-ring (bicyclic) bond motifs is 1. The molecule has 8 heteroatoms. The SMILES string of the molecule is CCOCCn1c(=O)c(CN(C)C(COC)C(N)=O)cc2ccc(Oc3ccccc3)cc21. The van der Waals surface area contributed by atoms with E-state index in [0.29, 0.717) is 36.8 Å². The quantitative estimate of drug-likeness (QED) is 0.424. The standard InChI is InChI=1S/C25H31N3O5/c1-4-32-13-12-28-22-15-21(33-20-8-6-5-7-9-20)11-10-18(22)14-19(25(28)30)16-27(2)23(17-31-3)24(26)29/h5-11,14-15,23H,4,12-13,16-17H2,1-3H3,(H2,26,29). The van der Waals surface area contributed by atoms with Crippen molar-refractivity contribution < 1.29 is 19.0 Å². The maximum Gasteiger partial charge on any atom is 0.255 e. The number of rotatable bonds is 12. The van der Waals surface area contributed by atoms with Crippen LogP contribution in [0.3, 0.4) is 0 Å². The summed E-state index contributed by atoms with van der Waals surface area (Å²) in [6.45, 7) is 3.68. The predicted molar refractivity (Wildman–Crippen MR) is 128 cm³/mol. The van der Waals surface area contributed by atoms with Crippen LogP contribution in [0.4, 0.5) is 0 Å². The Hall–Kier alpha value is -3.20. The minimum atomic E-state index is -0.636. The zero-order valence-corrected chi connectivity index (χ0v) is 19.3. The van der Waals surface area contributed by atoms with Crippen LogP contribution in [0.25, 0.3) is 10.9 Å². The second kappa shape index (κ2) is 11.6. The summed E-state index contributed by atoms with van der Waals surface area (Å²) in [5, 5.41) is 0.886. The van der Waals surface area contributed by atoms with E-state index in [1.165, 1.54) is 7.11 Å². The van der Waals surface area contributed by atoms with Gasteiger partial charge in [0.1, 0.15) is 17.5 Å². The number of methoxy groups -OCH3 is 1. The molecule has 1 unspecified atom stereocenters. The van der Waals surface area contributed by atoms with E-state index in [1.807, 2.05) is 61.5 Å². The van der Waals surface area contributed by atoms with Crippen molar-refractivity contribution in [2.75, 3.05) is 34.0 Å². The van der Waals surface area contributed by atoms with E-state index in [4.69, 9.17) is 19.9 Å². The summed E-state index contributed by atoms with van der Waals surface area (Å²) in [4.78, 5) is 27.0. The van der Waals surface area contributed by atoms with Crippen LogP contribution < -0.4 is 16.0 Å². The molecule has 0 saturated heterocycles. The van der Waals surface area contributed by atoms with Gasteiger partial charge in [-0.15, -0.1) is 0 Å². The normalized spacial score (nSPS) is 12.2. The van der Waals surface area contributed by atoms with Gasteiger partial charge in [-0.05, 0) is 49.7 Å². The molecule has 0 aliphatic heterocycles. The predicted octanol–water partition coefficient (Wildman–Crippen LogP) is 2.76. The number of likely N-dealkylation sites (N-methyl/N-ethyl adjacent to an activating group) is 1. The third-order valence-corrected chi connectivity index (χ3v) is 5.39. The Morgan fingerprint density at radius 2 is 1.88 bits per heavy atom. The Morgan fingerprint density at radius 3 is 2.55 bits per heavy atom. The molecule has 1 aromatic heterocycles. The van der Waals surface area contributed by atoms with Gasteiger partial charge in [0.25, 0.3) is 5.56 Å². The van der Waals surface area contributed by atoms with Crippen LogP contribution in [0.15, 0.2) is 59.4 Å². The lowest BCUT2D eigenvalue weighted by atomic mass is 10.1. The summed E-state index contributed by atoms with van der Waals surface area (Å²) in [5.41, 5.74) is 6.68. The molecule has 0 saturated carbocycles. The smallest absolute Gasteiger partial charge is 0.255 e. The molecule has 3 rings (SSSR count). The first kappa shape index (κ1) is 24.4. The van der Waals surface area contributed by atoms with Gasteiger partial charge in [0.2, 0.25) is 5.91 Å². The summed E-state index contributed by atoms with van der Waals surface area (Å²) in [5.74, 6) is 0.852. The lowest BCUT2D eigenvalue weighted by Gasteiger charge is -2.25. The van der Waals surface area contributed by atoms with Gasteiger partial charge in [0, 0.05) is 38.4 Å². The fraction of sp³-hybridized carbons (Fsp3) is 0.360. The van der Waals surface area contributed by atoms with Crippen molar-refractivity contribution in [3.8, 4) is 11.5 Å². The number of carbonyl (C=O) groups excluding carboxylic acids is 1. The van der Waals surface area contributed by atoms with E-state index in [1.54, 1.807) is 16.5 Å². The lowest BCUT2D eigenvalue weighted by Crippen LogP contribution is -2.46. The van der Waals surface area contributed by atoms with Gasteiger partial charge < -0.3 is 24.5 Å². The molecule has 33 heavy (non-hydrogen) atoms. The van der Waals surface area contributed by atoms with Crippen molar-refractivity contribution in [3.05, 3.63) is 70.5 Å². The number of pyridine rings is 1. The minimum absolute atomic E-state index is 0.147. The van der Waals surface area contributed by atoms with Crippen LogP contribution in [-0.2, 0) is 27.4 Å². The van der Waals surface area contributed by atoms with Gasteiger partial charge in [0.05, 0.1) is 18.7 Å². The number of hydrogen-bond acceptors (Lipinski definition) is 6. The maximum atomic E-state index is 13.4. The second-order valence-corrected chi connectivity index (χ2v) is 7.75. The molecule has 8 nitrogen and oxygen atoms in total. The Balaban J connectivity index is 1.99. The number of nitrogens with zero attached hydrogens (tertiary/aromatic N) is 2. The average Bonchev–Trinajstić information content (AvgIpc) is 2.80. The molecule has 1 heterocycles. The number of para-hydroxylation sites is 1. The molecule has 1 atom stereocenters. The molecule has 0 aliphatic rings. The van der Waals surface area contributed by atoms with E-state index in [9.17, 15) is 9.59 Å². The molecular weight excluding hydrogens is 422 g/mol. The Bertz CT molecular complexity index is 1130. The number of aromatic nitrogens is 1. The molecule has 0 aliphatic carbocycles. The third kappa shape index (κ3) is 6.19. The number of carbonyl (C=O) groups is 1. The molecule has 0 fully saturated rings. The topological polar surface area (TPSA) is 96.0 Å². The first-order valence-corrected chi connectivity index (χ1v) is 10.9. The van der Waals surface area contributed by atoms with Crippen LogP contribution >= 0.6 is 0 Å². The molecule has 0 spiro atoms. The number of primary amides is 1. The van der Waals surface area contributed by atoms with Gasteiger partial charge in [-0.25, -0.2) is 0 Å². The summed E-state index contributed by atoms with van der Waals surface area (Å²) in [6.07, 6.45) is 0. The van der Waals surface area contributed by atoms with Crippen LogP contribution in [0.5, 0.6) is 11.5 Å². The van der Waals surface area contributed by atoms with Gasteiger partial charge in [-0.1, -0.05) is 18.2 Å². The van der Waals surface area contributed by atoms with Crippen molar-refractivity contribution in [2.24, 2.45) is 5.73 Å². The lowest BCUT2D eigenvalue weighted by molar-refractivity contribution is -0.124. The second-order valence-electron chi connectivity index (χ2n) is 7.75. The molecule has 176 valence electrons. The number of ether oxygens (including phenoxy) is 3. The number of nitrogens with two attached hydrogens (primary N) is 1. The van der Waals surface area contributed by atoms with E-state index in [-0.39, 0.29) is 18.7 Å². The molecule has 0 bridgehead atoms. The fourth-order valence-electron chi connectivity index (χ4n) is 3.70. The molecular formula is C25H31N3O5. The van der Waals surface area contributed by atoms with Gasteiger partial charge in [-0.3, -0.25) is 14.5 Å². The molecule has 3 aromatic rings. The summed E-state index contributed by atoms with van der Waals surface area (Å²) in [6, 6.07) is 16.4. The van der Waals surface area contributed by atoms with Gasteiger partial charge in [0.15, 0.2) is 0 Å². The Morgan fingerprint density at radius 1 is 1.12 bits per heavy atom. The van der Waals surface area contributed by atoms with Crippen LogP contribution in [0.2, 0.25) is 0 Å². The monoisotopic (exact) mass is 453 g/mol. The molecule has 2 N–H and O–H groups in total. The number of amides is 1. The number of benzene rings is 2. The summed E-state index contributed by atoms with van der Waals surface area (Å²) in [7, 11) is 3.26. The summed E-state index contributed by atoms with van der Waals surface area (Å²) < 4.78 is 18.3. The molecule has 0 radical (unpaired) electrons. The van der Waals surface area contributed by atoms with Crippen LogP contribution in [-0.4, -0.2) is 55.4 Å². The zero-order chi connectivity index (χ0) is 23.8. The largest absolute Gasteiger partial charge is 0.457 e. The van der Waals surface area contributed by atoms with E-state index >= 15 is 0 Å². The van der Waals surface area contributed by atoms with Crippen molar-refractivity contribution in [3.63, 3.8) is 0 Å². The first-order chi connectivity index (χ1) is 15.9. The highest BCUT2D eigenvalue weighted by Crippen LogP contribution is 2.26. The maximum absolute atomic E-state index is 13.4. The third-order valence-electron chi connectivity index (χ3n) is 5.39. The molecule has 2 aromatic carbocycles.